The summed E-state index contributed by atoms with van der Waals surface area (Å²) in [6.45, 7) is 3.97. The zero-order valence-electron chi connectivity index (χ0n) is 17.0. The molecule has 0 spiro atoms. The Hall–Kier alpha value is -3.01. The first-order chi connectivity index (χ1) is 16.0. The number of nitrogen functional groups attached to an aromatic ring is 1. The molecule has 0 aliphatic heterocycles. The second-order valence-corrected chi connectivity index (χ2v) is 9.11. The molecule has 0 bridgehead atoms. The molecule has 33 heavy (non-hydrogen) atoms. The lowest BCUT2D eigenvalue weighted by Gasteiger charge is -2.10. The maximum absolute atomic E-state index is 12.7. The summed E-state index contributed by atoms with van der Waals surface area (Å²) in [6.07, 6.45) is 3.22. The molecule has 4 aromatic rings. The maximum atomic E-state index is 12.7. The third kappa shape index (κ3) is 5.16. The number of aromatic nitrogens is 4. The summed E-state index contributed by atoms with van der Waals surface area (Å²) in [7, 11) is 0. The number of nitrogens with zero attached hydrogens (tertiary/aromatic N) is 5. The molecule has 2 aromatic heterocycles. The molecule has 0 atom stereocenters. The average Bonchev–Trinajstić information content (AvgIpc) is 3.36. The fourth-order valence-corrected chi connectivity index (χ4v) is 5.14. The molecule has 0 unspecified atom stereocenters. The molecule has 168 valence electrons. The van der Waals surface area contributed by atoms with E-state index < -0.39 is 0 Å². The molecular formula is C21H17I2N7O3. The summed E-state index contributed by atoms with van der Waals surface area (Å²) in [5.74, 6) is 0.775. The summed E-state index contributed by atoms with van der Waals surface area (Å²) in [5, 5.41) is 11.5. The number of rotatable bonds is 8. The summed E-state index contributed by atoms with van der Waals surface area (Å²) < 4.78 is 14.1. The van der Waals surface area contributed by atoms with E-state index in [1.54, 1.807) is 16.9 Å². The number of para-hydroxylation sites is 2. The van der Waals surface area contributed by atoms with E-state index in [1.165, 1.54) is 0 Å². The highest BCUT2D eigenvalue weighted by Gasteiger charge is 2.20. The highest BCUT2D eigenvalue weighted by molar-refractivity contribution is 14.1. The number of carbonyl (C=O) groups is 1. The van der Waals surface area contributed by atoms with Gasteiger partial charge >= 0.3 is 0 Å². The zero-order chi connectivity index (χ0) is 23.4. The van der Waals surface area contributed by atoms with Crippen molar-refractivity contribution in [3.8, 4) is 17.3 Å². The van der Waals surface area contributed by atoms with Gasteiger partial charge in [0.1, 0.15) is 18.9 Å². The van der Waals surface area contributed by atoms with Crippen LogP contribution in [-0.2, 0) is 11.3 Å². The van der Waals surface area contributed by atoms with Crippen molar-refractivity contribution in [2.45, 2.75) is 6.54 Å². The molecule has 0 saturated heterocycles. The van der Waals surface area contributed by atoms with Crippen LogP contribution >= 0.6 is 45.2 Å². The van der Waals surface area contributed by atoms with Crippen LogP contribution in [0.1, 0.15) is 5.56 Å². The van der Waals surface area contributed by atoms with Crippen molar-refractivity contribution >= 4 is 74.2 Å². The monoisotopic (exact) mass is 669 g/mol. The Labute approximate surface area is 215 Å². The minimum atomic E-state index is -0.362. The lowest BCUT2D eigenvalue weighted by molar-refractivity contribution is -0.121. The third-order valence-corrected chi connectivity index (χ3v) is 5.88. The number of amides is 1. The number of fused-ring (bicyclic) bond motifs is 1. The number of ether oxygens (including phenoxy) is 1. The molecule has 2 heterocycles. The summed E-state index contributed by atoms with van der Waals surface area (Å²) in [6, 6.07) is 11.3. The zero-order valence-corrected chi connectivity index (χ0v) is 21.3. The molecule has 3 N–H and O–H groups in total. The highest BCUT2D eigenvalue weighted by atomic mass is 127. The predicted octanol–water partition coefficient (Wildman–Crippen LogP) is 3.59. The molecule has 0 aliphatic rings. The van der Waals surface area contributed by atoms with Gasteiger partial charge in [-0.3, -0.25) is 4.79 Å². The number of nitrogens with two attached hydrogens (primary N) is 1. The molecule has 0 aliphatic carbocycles. The fraction of sp³-hybridized carbons (Fsp3) is 0.0952. The molecule has 10 nitrogen and oxygen atoms in total. The number of hydrogen-bond donors (Lipinski definition) is 2. The van der Waals surface area contributed by atoms with Crippen LogP contribution < -0.4 is 15.9 Å². The van der Waals surface area contributed by atoms with Gasteiger partial charge in [-0.15, -0.1) is 0 Å². The van der Waals surface area contributed by atoms with Gasteiger partial charge in [-0.2, -0.15) is 5.10 Å². The minimum Gasteiger partial charge on any atom is -0.488 e. The Morgan fingerprint density at radius 2 is 2.12 bits per heavy atom. The van der Waals surface area contributed by atoms with Crippen molar-refractivity contribution < 1.29 is 14.2 Å². The van der Waals surface area contributed by atoms with Crippen LogP contribution in [0.25, 0.3) is 22.6 Å². The lowest BCUT2D eigenvalue weighted by Crippen LogP contribution is -2.23. The van der Waals surface area contributed by atoms with E-state index in [0.717, 1.165) is 18.2 Å². The average molecular weight is 669 g/mol. The number of hydrazone groups is 1. The Morgan fingerprint density at radius 1 is 1.30 bits per heavy atom. The standard InChI is InChI=1S/C21H17I2N7O3/c1-2-7-32-19-12(8-13(22)9-14(19)23)10-25-27-17(31)11-30-16-6-4-3-5-15(16)26-21(30)18-20(24)29-33-28-18/h2-6,8-10H,1,7,11H2,(H2,24,29)(H,27,31)/b25-10+. The van der Waals surface area contributed by atoms with E-state index in [2.05, 4.69) is 77.6 Å². The van der Waals surface area contributed by atoms with Gasteiger partial charge < -0.3 is 15.0 Å². The highest BCUT2D eigenvalue weighted by Crippen LogP contribution is 2.28. The van der Waals surface area contributed by atoms with E-state index in [0.29, 0.717) is 23.7 Å². The number of carbonyl (C=O) groups excluding carboxylic acids is 1. The SMILES string of the molecule is C=CCOc1c(I)cc(I)cc1/C=N/NC(=O)Cn1c(-c2nonc2N)nc2ccccc21. The Morgan fingerprint density at radius 3 is 2.88 bits per heavy atom. The van der Waals surface area contributed by atoms with Gasteiger partial charge in [-0.1, -0.05) is 24.8 Å². The number of benzene rings is 2. The number of anilines is 1. The van der Waals surface area contributed by atoms with Crippen LogP contribution in [0.3, 0.4) is 0 Å². The van der Waals surface area contributed by atoms with Crippen molar-refractivity contribution in [3.63, 3.8) is 0 Å². The van der Waals surface area contributed by atoms with Gasteiger partial charge in [0.05, 0.1) is 20.8 Å². The summed E-state index contributed by atoms with van der Waals surface area (Å²) in [4.78, 5) is 17.3. The van der Waals surface area contributed by atoms with Gasteiger partial charge in [0.15, 0.2) is 17.3 Å². The normalized spacial score (nSPS) is 11.2. The number of imidazole rings is 1. The van der Waals surface area contributed by atoms with E-state index in [9.17, 15) is 4.79 Å². The smallest absolute Gasteiger partial charge is 0.260 e. The van der Waals surface area contributed by atoms with Crippen molar-refractivity contribution in [3.05, 3.63) is 61.8 Å². The van der Waals surface area contributed by atoms with Crippen LogP contribution in [0.2, 0.25) is 0 Å². The number of halogens is 2. The van der Waals surface area contributed by atoms with Crippen molar-refractivity contribution in [1.29, 1.82) is 0 Å². The fourth-order valence-electron chi connectivity index (χ4n) is 3.09. The largest absolute Gasteiger partial charge is 0.488 e. The topological polar surface area (TPSA) is 133 Å². The van der Waals surface area contributed by atoms with Gasteiger partial charge in [-0.05, 0) is 79.8 Å². The van der Waals surface area contributed by atoms with E-state index in [-0.39, 0.29) is 24.0 Å². The second-order valence-electron chi connectivity index (χ2n) is 6.71. The van der Waals surface area contributed by atoms with Gasteiger partial charge in [0.2, 0.25) is 0 Å². The van der Waals surface area contributed by atoms with Gasteiger partial charge in [0.25, 0.3) is 5.91 Å². The molecular weight excluding hydrogens is 652 g/mol. The van der Waals surface area contributed by atoms with E-state index in [1.807, 2.05) is 36.4 Å². The summed E-state index contributed by atoms with van der Waals surface area (Å²) in [5.41, 5.74) is 10.8. The van der Waals surface area contributed by atoms with Crippen LogP contribution in [0.4, 0.5) is 5.82 Å². The Bertz CT molecular complexity index is 1360. The van der Waals surface area contributed by atoms with Crippen LogP contribution in [0.5, 0.6) is 5.75 Å². The quantitative estimate of drug-likeness (QED) is 0.127. The van der Waals surface area contributed by atoms with Crippen LogP contribution in [0, 0.1) is 7.14 Å². The molecule has 4 rings (SSSR count). The first-order valence-electron chi connectivity index (χ1n) is 9.56. The van der Waals surface area contributed by atoms with Gasteiger partial charge in [-0.25, -0.2) is 15.0 Å². The molecule has 0 saturated carbocycles. The Kier molecular flexibility index (Phi) is 7.22. The minimum absolute atomic E-state index is 0.0663. The van der Waals surface area contributed by atoms with E-state index in [4.69, 9.17) is 15.1 Å². The van der Waals surface area contributed by atoms with Crippen molar-refractivity contribution in [2.75, 3.05) is 12.3 Å². The first-order valence-corrected chi connectivity index (χ1v) is 11.7. The first kappa shape index (κ1) is 23.2. The van der Waals surface area contributed by atoms with Gasteiger partial charge in [0, 0.05) is 9.13 Å². The summed E-state index contributed by atoms with van der Waals surface area (Å²) >= 11 is 4.41. The van der Waals surface area contributed by atoms with Crippen LogP contribution in [0.15, 0.2) is 58.8 Å². The lowest BCUT2D eigenvalue weighted by atomic mass is 10.2. The second kappa shape index (κ2) is 10.3. The molecule has 2 aromatic carbocycles. The molecule has 0 fully saturated rings. The Balaban J connectivity index is 1.57. The molecule has 12 heteroatoms. The van der Waals surface area contributed by atoms with Crippen molar-refractivity contribution in [1.82, 2.24) is 25.3 Å². The van der Waals surface area contributed by atoms with E-state index >= 15 is 0 Å². The molecule has 1 amide bonds. The molecule has 0 radical (unpaired) electrons. The maximum Gasteiger partial charge on any atom is 0.260 e. The van der Waals surface area contributed by atoms with Crippen LogP contribution in [-0.4, -0.2) is 38.6 Å². The number of nitrogens with one attached hydrogen (secondary N) is 1. The van der Waals surface area contributed by atoms with Crippen molar-refractivity contribution in [2.24, 2.45) is 5.10 Å². The third-order valence-electron chi connectivity index (χ3n) is 4.46. The number of hydrogen-bond acceptors (Lipinski definition) is 8. The predicted molar refractivity (Wildman–Crippen MR) is 141 cm³/mol.